The van der Waals surface area contributed by atoms with Crippen molar-refractivity contribution in [3.63, 3.8) is 0 Å². The van der Waals surface area contributed by atoms with Gasteiger partial charge in [-0.05, 0) is 42.2 Å². The van der Waals surface area contributed by atoms with Gasteiger partial charge in [-0.2, -0.15) is 11.8 Å². The van der Waals surface area contributed by atoms with E-state index in [4.69, 9.17) is 0 Å². The van der Waals surface area contributed by atoms with E-state index in [1.807, 2.05) is 11.8 Å². The molecular formula is C17H29NS. The molecule has 1 atom stereocenters. The Hall–Kier alpha value is -0.470. The molecule has 1 aromatic rings. The van der Waals surface area contributed by atoms with Gasteiger partial charge >= 0.3 is 0 Å². The molecule has 19 heavy (non-hydrogen) atoms. The second kappa shape index (κ2) is 9.44. The van der Waals surface area contributed by atoms with E-state index in [0.29, 0.717) is 12.0 Å². The van der Waals surface area contributed by atoms with Gasteiger partial charge in [-0.3, -0.25) is 0 Å². The number of hydrogen-bond donors (Lipinski definition) is 1. The number of hydrogen-bond acceptors (Lipinski definition) is 2. The topological polar surface area (TPSA) is 12.0 Å². The van der Waals surface area contributed by atoms with Crippen LogP contribution in [0.25, 0.3) is 0 Å². The van der Waals surface area contributed by atoms with Gasteiger partial charge in [-0.15, -0.1) is 0 Å². The Morgan fingerprint density at radius 1 is 1.11 bits per heavy atom. The summed E-state index contributed by atoms with van der Waals surface area (Å²) in [5.74, 6) is 3.04. The quantitative estimate of drug-likeness (QED) is 0.715. The summed E-state index contributed by atoms with van der Waals surface area (Å²) in [5, 5.41) is 3.67. The summed E-state index contributed by atoms with van der Waals surface area (Å²) >= 11 is 2.03. The van der Waals surface area contributed by atoms with Crippen LogP contribution < -0.4 is 5.32 Å². The van der Waals surface area contributed by atoms with E-state index in [1.165, 1.54) is 29.1 Å². The van der Waals surface area contributed by atoms with E-state index in [2.05, 4.69) is 57.3 Å². The third-order valence-corrected chi connectivity index (χ3v) is 4.38. The Morgan fingerprint density at radius 3 is 2.32 bits per heavy atom. The van der Waals surface area contributed by atoms with Gasteiger partial charge in [0.25, 0.3) is 0 Å². The predicted octanol–water partition coefficient (Wildman–Crippen LogP) is 4.47. The van der Waals surface area contributed by atoms with Gasteiger partial charge in [0, 0.05) is 11.8 Å². The molecule has 1 N–H and O–H groups in total. The Bertz CT molecular complexity index is 324. The van der Waals surface area contributed by atoms with Gasteiger partial charge in [0.15, 0.2) is 0 Å². The van der Waals surface area contributed by atoms with Gasteiger partial charge in [0.05, 0.1) is 0 Å². The third-order valence-electron chi connectivity index (χ3n) is 3.33. The second-order valence-corrected chi connectivity index (χ2v) is 6.73. The first-order valence-electron chi connectivity index (χ1n) is 7.57. The maximum absolute atomic E-state index is 3.67. The molecule has 0 radical (unpaired) electrons. The summed E-state index contributed by atoms with van der Waals surface area (Å²) in [4.78, 5) is 0. The molecule has 0 aliphatic carbocycles. The van der Waals surface area contributed by atoms with Crippen molar-refractivity contribution in [3.05, 3.63) is 35.4 Å². The lowest BCUT2D eigenvalue weighted by molar-refractivity contribution is 0.550. The van der Waals surface area contributed by atoms with Gasteiger partial charge in [0.1, 0.15) is 0 Å². The highest BCUT2D eigenvalue weighted by molar-refractivity contribution is 7.99. The van der Waals surface area contributed by atoms with Crippen molar-refractivity contribution in [2.45, 2.75) is 52.5 Å². The van der Waals surface area contributed by atoms with Crippen molar-refractivity contribution in [3.8, 4) is 0 Å². The van der Waals surface area contributed by atoms with Crippen molar-refractivity contribution >= 4 is 11.8 Å². The molecule has 1 unspecified atom stereocenters. The Morgan fingerprint density at radius 2 is 1.79 bits per heavy atom. The first-order chi connectivity index (χ1) is 9.17. The maximum Gasteiger partial charge on any atom is 0.0198 e. The number of rotatable bonds is 9. The maximum atomic E-state index is 3.67. The van der Waals surface area contributed by atoms with Crippen LogP contribution in [0, 0.1) is 0 Å². The van der Waals surface area contributed by atoms with Crippen LogP contribution in [-0.4, -0.2) is 24.1 Å². The zero-order chi connectivity index (χ0) is 14.1. The predicted molar refractivity (Wildman–Crippen MR) is 89.3 cm³/mol. The van der Waals surface area contributed by atoms with E-state index in [1.54, 1.807) is 0 Å². The average Bonchev–Trinajstić information content (AvgIpc) is 2.42. The molecule has 2 heteroatoms. The fraction of sp³-hybridized carbons (Fsp3) is 0.647. The van der Waals surface area contributed by atoms with Crippen molar-refractivity contribution in [1.29, 1.82) is 0 Å². The smallest absolute Gasteiger partial charge is 0.0198 e. The highest BCUT2D eigenvalue weighted by atomic mass is 32.2. The van der Waals surface area contributed by atoms with E-state index >= 15 is 0 Å². The molecule has 0 heterocycles. The lowest BCUT2D eigenvalue weighted by Gasteiger charge is -2.18. The Kier molecular flexibility index (Phi) is 8.24. The number of nitrogens with one attached hydrogen (secondary N) is 1. The zero-order valence-corrected chi connectivity index (χ0v) is 13.7. The van der Waals surface area contributed by atoms with E-state index in [0.717, 1.165) is 13.0 Å². The van der Waals surface area contributed by atoms with Crippen LogP contribution in [0.1, 0.15) is 51.2 Å². The first-order valence-corrected chi connectivity index (χ1v) is 8.72. The second-order valence-electron chi connectivity index (χ2n) is 5.41. The molecule has 0 fully saturated rings. The molecule has 0 saturated heterocycles. The van der Waals surface area contributed by atoms with E-state index in [-0.39, 0.29) is 0 Å². The van der Waals surface area contributed by atoms with Crippen LogP contribution in [-0.2, 0) is 6.42 Å². The SMILES string of the molecule is CCCNC(CSCC)Cc1ccc(C(C)C)cc1. The van der Waals surface area contributed by atoms with Crippen molar-refractivity contribution < 1.29 is 0 Å². The highest BCUT2D eigenvalue weighted by Gasteiger charge is 2.09. The summed E-state index contributed by atoms with van der Waals surface area (Å²) < 4.78 is 0. The highest BCUT2D eigenvalue weighted by Crippen LogP contribution is 2.16. The van der Waals surface area contributed by atoms with Crippen molar-refractivity contribution in [1.82, 2.24) is 5.32 Å². The van der Waals surface area contributed by atoms with Crippen LogP contribution in [0.3, 0.4) is 0 Å². The minimum Gasteiger partial charge on any atom is -0.313 e. The van der Waals surface area contributed by atoms with E-state index < -0.39 is 0 Å². The summed E-state index contributed by atoms with van der Waals surface area (Å²) in [7, 11) is 0. The zero-order valence-electron chi connectivity index (χ0n) is 12.9. The van der Waals surface area contributed by atoms with Crippen molar-refractivity contribution in [2.24, 2.45) is 0 Å². The molecule has 1 rings (SSSR count). The molecule has 0 aromatic heterocycles. The molecule has 108 valence electrons. The summed E-state index contributed by atoms with van der Waals surface area (Å²) in [6.45, 7) is 10.1. The lowest BCUT2D eigenvalue weighted by Crippen LogP contribution is -2.34. The summed E-state index contributed by atoms with van der Waals surface area (Å²) in [6, 6.07) is 9.77. The summed E-state index contributed by atoms with van der Waals surface area (Å²) in [5.41, 5.74) is 2.89. The van der Waals surface area contributed by atoms with Gasteiger partial charge < -0.3 is 5.32 Å². The fourth-order valence-electron chi connectivity index (χ4n) is 2.12. The molecule has 0 aliphatic heterocycles. The third kappa shape index (κ3) is 6.49. The van der Waals surface area contributed by atoms with Crippen LogP contribution >= 0.6 is 11.8 Å². The van der Waals surface area contributed by atoms with Crippen LogP contribution in [0.15, 0.2) is 24.3 Å². The Balaban J connectivity index is 2.56. The van der Waals surface area contributed by atoms with Crippen LogP contribution in [0.4, 0.5) is 0 Å². The fourth-order valence-corrected chi connectivity index (χ4v) is 2.88. The number of thioether (sulfide) groups is 1. The lowest BCUT2D eigenvalue weighted by atomic mass is 9.99. The first kappa shape index (κ1) is 16.6. The van der Waals surface area contributed by atoms with E-state index in [9.17, 15) is 0 Å². The average molecular weight is 279 g/mol. The largest absolute Gasteiger partial charge is 0.313 e. The van der Waals surface area contributed by atoms with Crippen molar-refractivity contribution in [2.75, 3.05) is 18.1 Å². The molecule has 0 amide bonds. The normalized spacial score (nSPS) is 12.9. The number of benzene rings is 1. The van der Waals surface area contributed by atoms with Gasteiger partial charge in [0.2, 0.25) is 0 Å². The molecule has 0 bridgehead atoms. The molecule has 0 aliphatic rings. The Labute approximate surface area is 123 Å². The van der Waals surface area contributed by atoms with Gasteiger partial charge in [-0.25, -0.2) is 0 Å². The van der Waals surface area contributed by atoms with Crippen LogP contribution in [0.2, 0.25) is 0 Å². The monoisotopic (exact) mass is 279 g/mol. The minimum atomic E-state index is 0.606. The molecule has 1 nitrogen and oxygen atoms in total. The molecule has 1 aromatic carbocycles. The van der Waals surface area contributed by atoms with Crippen LogP contribution in [0.5, 0.6) is 0 Å². The summed E-state index contributed by atoms with van der Waals surface area (Å²) in [6.07, 6.45) is 2.35. The molecule has 0 saturated carbocycles. The molecule has 0 spiro atoms. The minimum absolute atomic E-state index is 0.606. The van der Waals surface area contributed by atoms with Gasteiger partial charge in [-0.1, -0.05) is 52.0 Å². The standard InChI is InChI=1S/C17H29NS/c1-5-11-18-17(13-19-6-2)12-15-7-9-16(10-8-15)14(3)4/h7-10,14,17-18H,5-6,11-13H2,1-4H3. The molecular weight excluding hydrogens is 250 g/mol.